The highest BCUT2D eigenvalue weighted by Gasteiger charge is 2.70. The summed E-state index contributed by atoms with van der Waals surface area (Å²) in [7, 11) is 0. The maximum absolute atomic E-state index is 14.3. The Morgan fingerprint density at radius 1 is 0.946 bits per heavy atom. The summed E-state index contributed by atoms with van der Waals surface area (Å²) in [5.74, 6) is 1.21. The molecule has 0 bridgehead atoms. The first kappa shape index (κ1) is 41.6. The first-order chi connectivity index (χ1) is 25.9. The van der Waals surface area contributed by atoms with Gasteiger partial charge in [-0.1, -0.05) is 65.3 Å². The van der Waals surface area contributed by atoms with Gasteiger partial charge >= 0.3 is 5.97 Å². The van der Waals surface area contributed by atoms with Crippen LogP contribution in [0.25, 0.3) is 5.57 Å². The van der Waals surface area contributed by atoms with E-state index in [9.17, 15) is 24.6 Å². The summed E-state index contributed by atoms with van der Waals surface area (Å²) in [6.07, 6.45) is 15.4. The van der Waals surface area contributed by atoms with E-state index >= 15 is 0 Å². The van der Waals surface area contributed by atoms with Crippen LogP contribution in [0.15, 0.2) is 23.4 Å². The van der Waals surface area contributed by atoms with Crippen molar-refractivity contribution < 1.29 is 24.6 Å². The third kappa shape index (κ3) is 6.45. The second-order valence-corrected chi connectivity index (χ2v) is 20.8. The molecule has 6 aliphatic carbocycles. The molecule has 8 rings (SSSR count). The van der Waals surface area contributed by atoms with Gasteiger partial charge in [-0.2, -0.15) is 0 Å². The van der Waals surface area contributed by atoms with Crippen LogP contribution in [0.3, 0.4) is 0 Å². The number of aliphatic carboxylic acids is 1. The zero-order chi connectivity index (χ0) is 39.3. The number of carbonyl (C=O) groups is 3. The number of halogens is 1. The number of aromatic nitrogens is 3. The van der Waals surface area contributed by atoms with Crippen molar-refractivity contribution in [2.75, 3.05) is 32.7 Å². The fourth-order valence-corrected chi connectivity index (χ4v) is 14.3. The van der Waals surface area contributed by atoms with Crippen LogP contribution >= 0.6 is 12.4 Å². The van der Waals surface area contributed by atoms with Crippen molar-refractivity contribution in [3.63, 3.8) is 0 Å². The summed E-state index contributed by atoms with van der Waals surface area (Å²) < 4.78 is 1.42. The van der Waals surface area contributed by atoms with E-state index in [-0.39, 0.29) is 64.1 Å². The number of ketones is 1. The number of aliphatic hydroxyl groups excluding tert-OH is 1. The average molecular weight is 795 g/mol. The zero-order valence-corrected chi connectivity index (χ0v) is 35.9. The Morgan fingerprint density at radius 2 is 1.66 bits per heavy atom. The van der Waals surface area contributed by atoms with Crippen molar-refractivity contribution in [3.8, 4) is 0 Å². The largest absolute Gasteiger partial charge is 0.480 e. The van der Waals surface area contributed by atoms with E-state index in [0.717, 1.165) is 102 Å². The Balaban J connectivity index is 0.00000480. The predicted molar refractivity (Wildman–Crippen MR) is 219 cm³/mol. The minimum Gasteiger partial charge on any atom is -0.480 e. The number of nitrogens with zero attached hydrogens (tertiary/aromatic N) is 5. The first-order valence-corrected chi connectivity index (χ1v) is 21.7. The maximum atomic E-state index is 14.3. The fraction of sp³-hybridized carbons (Fsp3) is 0.800. The number of aliphatic hydroxyl groups is 1. The normalized spacial score (nSPS) is 36.9. The molecule has 310 valence electrons. The molecule has 56 heavy (non-hydrogen) atoms. The zero-order valence-electron chi connectivity index (χ0n) is 35.1. The SMILES string of the molecule is CC(C)C1=C2[C@H]3CC[C@@H]4[C@@]5(C)CC=C(c6cn(CC(=O)O)nn6)C(C)(C)[C@@H]5CC[C@@]4(C)[C@]3(C)CC[C@@]2([C@@H](O)CN(CC2CC2)C(=O)CN2CCCC2)CC1=O.Cl. The highest BCUT2D eigenvalue weighted by Crippen LogP contribution is 2.77. The van der Waals surface area contributed by atoms with E-state index in [4.69, 9.17) is 0 Å². The molecule has 2 heterocycles. The maximum Gasteiger partial charge on any atom is 0.325 e. The number of Topliss-reactive ketones (excluding diaryl/α,β-unsaturated/α-hetero) is 1. The molecule has 1 aromatic heterocycles. The van der Waals surface area contributed by atoms with Crippen LogP contribution in [0.2, 0.25) is 0 Å². The van der Waals surface area contributed by atoms with Crippen LogP contribution in [0, 0.1) is 56.7 Å². The van der Waals surface area contributed by atoms with Crippen LogP contribution in [-0.2, 0) is 20.9 Å². The average Bonchev–Trinajstić information content (AvgIpc) is 3.41. The topological polar surface area (TPSA) is 129 Å². The lowest BCUT2D eigenvalue weighted by Crippen LogP contribution is -2.64. The van der Waals surface area contributed by atoms with Crippen LogP contribution < -0.4 is 0 Å². The quantitative estimate of drug-likeness (QED) is 0.237. The molecular formula is C45H68ClN5O5. The van der Waals surface area contributed by atoms with Gasteiger partial charge in [0.05, 0.1) is 18.8 Å². The van der Waals surface area contributed by atoms with Crippen molar-refractivity contribution in [2.24, 2.45) is 56.7 Å². The lowest BCUT2D eigenvalue weighted by Gasteiger charge is -2.71. The van der Waals surface area contributed by atoms with Gasteiger partial charge in [-0.25, -0.2) is 4.68 Å². The number of hydrogen-bond donors (Lipinski definition) is 2. The number of carboxylic acid groups (broad SMARTS) is 1. The monoisotopic (exact) mass is 793 g/mol. The smallest absolute Gasteiger partial charge is 0.325 e. The number of likely N-dealkylation sites (tertiary alicyclic amines) is 1. The Labute approximate surface area is 340 Å². The Hall–Kier alpha value is -2.56. The van der Waals surface area contributed by atoms with Crippen molar-refractivity contribution in [1.29, 1.82) is 0 Å². The molecule has 0 radical (unpaired) electrons. The Bertz CT molecular complexity index is 1790. The second kappa shape index (κ2) is 14.6. The lowest BCUT2D eigenvalue weighted by atomic mass is 9.33. The summed E-state index contributed by atoms with van der Waals surface area (Å²) in [6.45, 7) is 19.9. The predicted octanol–water partition coefficient (Wildman–Crippen LogP) is 7.45. The lowest BCUT2D eigenvalue weighted by molar-refractivity contribution is -0.200. The van der Waals surface area contributed by atoms with Crippen LogP contribution in [0.5, 0.6) is 0 Å². The summed E-state index contributed by atoms with van der Waals surface area (Å²) in [5.41, 5.74) is 3.54. The number of amides is 1. The minimum atomic E-state index is -0.928. The molecule has 0 aromatic carbocycles. The highest BCUT2D eigenvalue weighted by atomic mass is 35.5. The number of hydrogen-bond acceptors (Lipinski definition) is 7. The molecule has 2 N–H and O–H groups in total. The summed E-state index contributed by atoms with van der Waals surface area (Å²) in [5, 5.41) is 30.6. The molecule has 7 aliphatic rings. The molecule has 8 atom stereocenters. The molecular weight excluding hydrogens is 726 g/mol. The molecule has 10 nitrogen and oxygen atoms in total. The number of carbonyl (C=O) groups excluding carboxylic acids is 2. The number of allylic oxidation sites excluding steroid dienone is 3. The van der Waals surface area contributed by atoms with E-state index in [1.807, 2.05) is 4.90 Å². The summed E-state index contributed by atoms with van der Waals surface area (Å²) >= 11 is 0. The standard InChI is InChI=1S/C45H67N5O5.ClH/c1-28(2)39-33(51)22-45(36(52)25-49(23-29-10-11-29)37(53)26-48-20-8-9-21-48)19-18-43(6)31(40(39)45)12-13-35-42(5)16-14-30(32-24-50(47-46-32)27-38(54)55)41(3,4)34(42)15-17-44(35,43)7;/h14,24,28-29,31,34-36,52H,8-13,15-23,25-27H2,1-7H3,(H,54,55);1H/t31-,34+,35-,36+,42+,43-,44-,45+;/m1./s1. The van der Waals surface area contributed by atoms with Gasteiger partial charge in [0.15, 0.2) is 5.78 Å². The third-order valence-electron chi connectivity index (χ3n) is 17.3. The number of rotatable bonds is 11. The minimum absolute atomic E-state index is 0. The summed E-state index contributed by atoms with van der Waals surface area (Å²) in [4.78, 5) is 43.8. The highest BCUT2D eigenvalue weighted by molar-refractivity contribution is 6.00. The van der Waals surface area contributed by atoms with Crippen molar-refractivity contribution in [1.82, 2.24) is 24.8 Å². The molecule has 5 fully saturated rings. The Morgan fingerprint density at radius 3 is 2.32 bits per heavy atom. The van der Waals surface area contributed by atoms with E-state index in [1.165, 1.54) is 15.8 Å². The molecule has 1 saturated heterocycles. The van der Waals surface area contributed by atoms with E-state index in [0.29, 0.717) is 37.3 Å². The molecule has 1 aromatic rings. The molecule has 11 heteroatoms. The van der Waals surface area contributed by atoms with E-state index in [2.05, 4.69) is 69.8 Å². The van der Waals surface area contributed by atoms with Gasteiger partial charge in [-0.15, -0.1) is 17.5 Å². The fourth-order valence-electron chi connectivity index (χ4n) is 14.3. The van der Waals surface area contributed by atoms with Crippen LogP contribution in [0.4, 0.5) is 0 Å². The van der Waals surface area contributed by atoms with Crippen LogP contribution in [-0.4, -0.2) is 91.5 Å². The van der Waals surface area contributed by atoms with Gasteiger partial charge in [-0.05, 0) is 146 Å². The third-order valence-corrected chi connectivity index (χ3v) is 17.3. The summed E-state index contributed by atoms with van der Waals surface area (Å²) in [6, 6.07) is 0. The molecule has 0 spiro atoms. The van der Waals surface area contributed by atoms with E-state index in [1.54, 1.807) is 6.20 Å². The second-order valence-electron chi connectivity index (χ2n) is 20.8. The van der Waals surface area contributed by atoms with Gasteiger partial charge in [-0.3, -0.25) is 19.3 Å². The van der Waals surface area contributed by atoms with E-state index < -0.39 is 17.5 Å². The van der Waals surface area contributed by atoms with Gasteiger partial charge in [0, 0.05) is 24.9 Å². The first-order valence-electron chi connectivity index (χ1n) is 21.7. The van der Waals surface area contributed by atoms with Crippen molar-refractivity contribution >= 4 is 35.6 Å². The van der Waals surface area contributed by atoms with Gasteiger partial charge in [0.2, 0.25) is 5.91 Å². The molecule has 1 amide bonds. The van der Waals surface area contributed by atoms with Gasteiger partial charge in [0.25, 0.3) is 0 Å². The van der Waals surface area contributed by atoms with Crippen molar-refractivity contribution in [2.45, 2.75) is 138 Å². The van der Waals surface area contributed by atoms with Gasteiger partial charge < -0.3 is 15.1 Å². The van der Waals surface area contributed by atoms with Gasteiger partial charge in [0.1, 0.15) is 12.2 Å². The number of fused-ring (bicyclic) bond motifs is 7. The molecule has 1 aliphatic heterocycles. The molecule has 0 unspecified atom stereocenters. The molecule has 4 saturated carbocycles. The number of carboxylic acids is 1. The van der Waals surface area contributed by atoms with Crippen LogP contribution in [0.1, 0.15) is 131 Å². The van der Waals surface area contributed by atoms with Crippen molar-refractivity contribution in [3.05, 3.63) is 29.1 Å². The Kier molecular flexibility index (Phi) is 10.9.